The molecule has 0 aliphatic heterocycles. The molecule has 0 atom stereocenters. The Hall–Kier alpha value is -2.34. The lowest BCUT2D eigenvalue weighted by Gasteiger charge is -2.20. The number of halogens is 1. The van der Waals surface area contributed by atoms with E-state index in [1.165, 1.54) is 0 Å². The van der Waals surface area contributed by atoms with E-state index < -0.39 is 11.7 Å². The summed E-state index contributed by atoms with van der Waals surface area (Å²) >= 11 is 3.40. The molecule has 2 aromatic rings. The van der Waals surface area contributed by atoms with Crippen molar-refractivity contribution in [3.63, 3.8) is 0 Å². The summed E-state index contributed by atoms with van der Waals surface area (Å²) in [5.74, 6) is -0.242. The lowest BCUT2D eigenvalue weighted by molar-refractivity contribution is 0.0635. The van der Waals surface area contributed by atoms with E-state index in [0.29, 0.717) is 16.9 Å². The first-order chi connectivity index (χ1) is 12.3. The third-order valence-electron chi connectivity index (χ3n) is 3.41. The van der Waals surface area contributed by atoms with Gasteiger partial charge in [0, 0.05) is 10.9 Å². The van der Waals surface area contributed by atoms with E-state index in [-0.39, 0.29) is 5.91 Å². The number of benzene rings is 2. The van der Waals surface area contributed by atoms with E-state index in [1.807, 2.05) is 12.1 Å². The number of alkyl halides is 1. The Kier molecular flexibility index (Phi) is 6.80. The van der Waals surface area contributed by atoms with Gasteiger partial charge < -0.3 is 10.1 Å². The molecular weight excluding hydrogens is 396 g/mol. The number of nitrogens with one attached hydrogen (secondary N) is 2. The number of para-hydroxylation sites is 2. The smallest absolute Gasteiger partial charge is 0.412 e. The topological polar surface area (TPSA) is 67.4 Å². The molecule has 0 heterocycles. The second kappa shape index (κ2) is 8.85. The maximum atomic E-state index is 12.5. The number of amides is 2. The van der Waals surface area contributed by atoms with Gasteiger partial charge in [0.15, 0.2) is 0 Å². The molecule has 0 unspecified atom stereocenters. The van der Waals surface area contributed by atoms with Gasteiger partial charge in [-0.3, -0.25) is 10.1 Å². The van der Waals surface area contributed by atoms with Crippen molar-refractivity contribution < 1.29 is 14.3 Å². The molecule has 0 radical (unpaired) electrons. The fraction of sp³-hybridized carbons (Fsp3) is 0.300. The highest BCUT2D eigenvalue weighted by atomic mass is 79.9. The first-order valence-electron chi connectivity index (χ1n) is 8.34. The van der Waals surface area contributed by atoms with Gasteiger partial charge in [-0.2, -0.15) is 0 Å². The van der Waals surface area contributed by atoms with E-state index in [2.05, 4.69) is 26.6 Å². The summed E-state index contributed by atoms with van der Waals surface area (Å²) in [6.07, 6.45) is 0.336. The van der Waals surface area contributed by atoms with E-state index in [4.69, 9.17) is 4.74 Å². The van der Waals surface area contributed by atoms with Crippen LogP contribution in [-0.2, 0) is 11.2 Å². The minimum atomic E-state index is -0.598. The van der Waals surface area contributed by atoms with Gasteiger partial charge in [-0.1, -0.05) is 40.2 Å². The van der Waals surface area contributed by atoms with Crippen LogP contribution in [0.4, 0.5) is 16.2 Å². The van der Waals surface area contributed by atoms with Crippen molar-refractivity contribution >= 4 is 39.3 Å². The highest BCUT2D eigenvalue weighted by Gasteiger charge is 2.17. The summed E-state index contributed by atoms with van der Waals surface area (Å²) in [4.78, 5) is 24.5. The van der Waals surface area contributed by atoms with Crippen molar-refractivity contribution in [1.29, 1.82) is 0 Å². The molecule has 0 aliphatic rings. The van der Waals surface area contributed by atoms with Crippen LogP contribution in [0.3, 0.4) is 0 Å². The molecule has 0 saturated carbocycles. The van der Waals surface area contributed by atoms with Crippen molar-refractivity contribution in [3.05, 3.63) is 59.7 Å². The molecule has 2 amide bonds. The minimum Gasteiger partial charge on any atom is -0.444 e. The van der Waals surface area contributed by atoms with E-state index >= 15 is 0 Å². The van der Waals surface area contributed by atoms with Gasteiger partial charge in [-0.15, -0.1) is 0 Å². The van der Waals surface area contributed by atoms with Gasteiger partial charge in [0.2, 0.25) is 0 Å². The first kappa shape index (κ1) is 20.0. The number of aryl methyl sites for hydroxylation is 1. The normalized spacial score (nSPS) is 10.9. The van der Waals surface area contributed by atoms with Crippen molar-refractivity contribution in [2.75, 3.05) is 16.0 Å². The average Bonchev–Trinajstić information content (AvgIpc) is 2.56. The van der Waals surface area contributed by atoms with Crippen LogP contribution in [0.5, 0.6) is 0 Å². The Balaban J connectivity index is 2.09. The number of carbonyl (C=O) groups is 2. The molecule has 2 rings (SSSR count). The molecule has 5 nitrogen and oxygen atoms in total. The summed E-state index contributed by atoms with van der Waals surface area (Å²) in [6, 6.07) is 14.4. The van der Waals surface area contributed by atoms with Crippen molar-refractivity contribution in [2.24, 2.45) is 0 Å². The van der Waals surface area contributed by atoms with Crippen molar-refractivity contribution in [2.45, 2.75) is 32.8 Å². The summed E-state index contributed by atoms with van der Waals surface area (Å²) in [5, 5.41) is 6.37. The molecule has 138 valence electrons. The summed E-state index contributed by atoms with van der Waals surface area (Å²) in [6.45, 7) is 5.37. The number of carbonyl (C=O) groups excluding carboxylic acids is 2. The van der Waals surface area contributed by atoms with Gasteiger partial charge >= 0.3 is 6.09 Å². The molecule has 0 fully saturated rings. The van der Waals surface area contributed by atoms with Crippen molar-refractivity contribution in [3.8, 4) is 0 Å². The molecule has 2 N–H and O–H groups in total. The minimum absolute atomic E-state index is 0.242. The number of hydrogen-bond donors (Lipinski definition) is 2. The molecule has 2 aromatic carbocycles. The molecule has 6 heteroatoms. The van der Waals surface area contributed by atoms with Crippen LogP contribution < -0.4 is 10.6 Å². The Morgan fingerprint density at radius 2 is 1.54 bits per heavy atom. The molecular formula is C20H23BrN2O3. The Morgan fingerprint density at radius 1 is 0.962 bits per heavy atom. The Labute approximate surface area is 162 Å². The molecule has 0 aliphatic carbocycles. The van der Waals surface area contributed by atoms with Gasteiger partial charge in [0.1, 0.15) is 5.60 Å². The molecule has 26 heavy (non-hydrogen) atoms. The zero-order chi connectivity index (χ0) is 19.2. The van der Waals surface area contributed by atoms with Crippen LogP contribution >= 0.6 is 15.9 Å². The largest absolute Gasteiger partial charge is 0.444 e. The van der Waals surface area contributed by atoms with Gasteiger partial charge in [-0.25, -0.2) is 4.79 Å². The monoisotopic (exact) mass is 418 g/mol. The standard InChI is InChI=1S/C20H23BrN2O3/c1-20(2,3)26-19(25)23-17-7-5-4-6-16(17)22-18(24)15-10-8-14(9-11-15)12-13-21/h4-11H,12-13H2,1-3H3,(H,22,24)(H,23,25). The van der Waals surface area contributed by atoms with E-state index in [1.54, 1.807) is 57.2 Å². The summed E-state index contributed by atoms with van der Waals surface area (Å²) in [7, 11) is 0. The molecule has 0 aromatic heterocycles. The quantitative estimate of drug-likeness (QED) is 0.653. The number of rotatable bonds is 5. The second-order valence-electron chi connectivity index (χ2n) is 6.76. The Bertz CT molecular complexity index is 767. The molecule has 0 saturated heterocycles. The van der Waals surface area contributed by atoms with E-state index in [0.717, 1.165) is 17.3 Å². The maximum absolute atomic E-state index is 12.5. The highest BCUT2D eigenvalue weighted by molar-refractivity contribution is 9.09. The Morgan fingerprint density at radius 3 is 2.08 bits per heavy atom. The zero-order valence-electron chi connectivity index (χ0n) is 15.1. The third kappa shape index (κ3) is 6.19. The number of anilines is 2. The summed E-state index contributed by atoms with van der Waals surface area (Å²) < 4.78 is 5.26. The van der Waals surface area contributed by atoms with E-state index in [9.17, 15) is 9.59 Å². The average molecular weight is 419 g/mol. The fourth-order valence-corrected chi connectivity index (χ4v) is 2.70. The van der Waals surface area contributed by atoms with Crippen LogP contribution in [0.15, 0.2) is 48.5 Å². The molecule has 0 spiro atoms. The van der Waals surface area contributed by atoms with Crippen LogP contribution in [0.2, 0.25) is 0 Å². The second-order valence-corrected chi connectivity index (χ2v) is 7.56. The van der Waals surface area contributed by atoms with Crippen molar-refractivity contribution in [1.82, 2.24) is 0 Å². The lowest BCUT2D eigenvalue weighted by Crippen LogP contribution is -2.27. The highest BCUT2D eigenvalue weighted by Crippen LogP contribution is 2.23. The number of ether oxygens (including phenoxy) is 1. The predicted molar refractivity (Wildman–Crippen MR) is 108 cm³/mol. The fourth-order valence-electron chi connectivity index (χ4n) is 2.24. The molecule has 0 bridgehead atoms. The van der Waals surface area contributed by atoms with Crippen LogP contribution in [-0.4, -0.2) is 22.9 Å². The summed E-state index contributed by atoms with van der Waals surface area (Å²) in [5.41, 5.74) is 2.10. The van der Waals surface area contributed by atoms with Crippen LogP contribution in [0, 0.1) is 0 Å². The third-order valence-corrected chi connectivity index (χ3v) is 3.81. The van der Waals surface area contributed by atoms with Crippen LogP contribution in [0.25, 0.3) is 0 Å². The van der Waals surface area contributed by atoms with Gasteiger partial charge in [0.25, 0.3) is 5.91 Å². The van der Waals surface area contributed by atoms with Gasteiger partial charge in [0.05, 0.1) is 11.4 Å². The predicted octanol–water partition coefficient (Wildman–Crippen LogP) is 5.22. The number of hydrogen-bond acceptors (Lipinski definition) is 3. The zero-order valence-corrected chi connectivity index (χ0v) is 16.7. The maximum Gasteiger partial charge on any atom is 0.412 e. The SMILES string of the molecule is CC(C)(C)OC(=O)Nc1ccccc1NC(=O)c1ccc(CCBr)cc1. The lowest BCUT2D eigenvalue weighted by atomic mass is 10.1. The van der Waals surface area contributed by atoms with Crippen LogP contribution in [0.1, 0.15) is 36.7 Å². The first-order valence-corrected chi connectivity index (χ1v) is 9.46. The van der Waals surface area contributed by atoms with Gasteiger partial charge in [-0.05, 0) is 57.0 Å².